The van der Waals surface area contributed by atoms with Crippen LogP contribution >= 0.6 is 11.6 Å². The standard InChI is InChI=1S/C22H27ClO3/c1-4-25-21(24)20(23)14-17-10-12-19(13-11-17)26-16-22(2,3)15-18-8-6-5-7-9-18/h5-13,20H,4,14-16H2,1-3H3. The lowest BCUT2D eigenvalue weighted by Gasteiger charge is -2.25. The molecule has 1 atom stereocenters. The van der Waals surface area contributed by atoms with Crippen LogP contribution in [0.1, 0.15) is 31.9 Å². The highest BCUT2D eigenvalue weighted by molar-refractivity contribution is 6.30. The molecule has 0 saturated heterocycles. The quantitative estimate of drug-likeness (QED) is 0.455. The van der Waals surface area contributed by atoms with Gasteiger partial charge < -0.3 is 9.47 Å². The van der Waals surface area contributed by atoms with E-state index in [0.29, 0.717) is 19.6 Å². The van der Waals surface area contributed by atoms with Crippen LogP contribution in [0.5, 0.6) is 5.75 Å². The molecule has 0 amide bonds. The zero-order valence-electron chi connectivity index (χ0n) is 15.7. The third-order valence-corrected chi connectivity index (χ3v) is 4.37. The van der Waals surface area contributed by atoms with Crippen molar-refractivity contribution in [1.82, 2.24) is 0 Å². The first-order chi connectivity index (χ1) is 12.4. The molecule has 0 N–H and O–H groups in total. The molecule has 26 heavy (non-hydrogen) atoms. The Bertz CT molecular complexity index is 680. The van der Waals surface area contributed by atoms with Crippen molar-refractivity contribution in [2.45, 2.75) is 39.0 Å². The molecule has 0 aromatic heterocycles. The Hall–Kier alpha value is -2.00. The number of hydrogen-bond donors (Lipinski definition) is 0. The molecule has 140 valence electrons. The SMILES string of the molecule is CCOC(=O)C(Cl)Cc1ccc(OCC(C)(C)Cc2ccccc2)cc1. The van der Waals surface area contributed by atoms with E-state index in [1.165, 1.54) is 5.56 Å². The number of hydrogen-bond acceptors (Lipinski definition) is 3. The fraction of sp³-hybridized carbons (Fsp3) is 0.409. The molecule has 0 saturated carbocycles. The van der Waals surface area contributed by atoms with Crippen LogP contribution in [0.3, 0.4) is 0 Å². The first-order valence-electron chi connectivity index (χ1n) is 8.96. The van der Waals surface area contributed by atoms with Gasteiger partial charge in [0.15, 0.2) is 0 Å². The van der Waals surface area contributed by atoms with E-state index in [1.807, 2.05) is 30.3 Å². The van der Waals surface area contributed by atoms with E-state index >= 15 is 0 Å². The summed E-state index contributed by atoms with van der Waals surface area (Å²) in [5.41, 5.74) is 2.32. The molecule has 0 fully saturated rings. The summed E-state index contributed by atoms with van der Waals surface area (Å²) in [7, 11) is 0. The maximum absolute atomic E-state index is 11.6. The van der Waals surface area contributed by atoms with Crippen LogP contribution in [-0.4, -0.2) is 24.6 Å². The normalized spacial score (nSPS) is 12.5. The number of halogens is 1. The van der Waals surface area contributed by atoms with E-state index in [2.05, 4.69) is 38.1 Å². The Balaban J connectivity index is 1.85. The fourth-order valence-corrected chi connectivity index (χ4v) is 2.96. The smallest absolute Gasteiger partial charge is 0.324 e. The second kappa shape index (κ2) is 9.63. The summed E-state index contributed by atoms with van der Waals surface area (Å²) in [5.74, 6) is 0.439. The highest BCUT2D eigenvalue weighted by Crippen LogP contribution is 2.24. The van der Waals surface area contributed by atoms with E-state index in [-0.39, 0.29) is 11.4 Å². The van der Waals surface area contributed by atoms with Crippen LogP contribution in [0.15, 0.2) is 54.6 Å². The average molecular weight is 375 g/mol. The van der Waals surface area contributed by atoms with Gasteiger partial charge in [-0.1, -0.05) is 56.3 Å². The van der Waals surface area contributed by atoms with Crippen molar-refractivity contribution < 1.29 is 14.3 Å². The van der Waals surface area contributed by atoms with Crippen molar-refractivity contribution in [2.24, 2.45) is 5.41 Å². The van der Waals surface area contributed by atoms with Gasteiger partial charge in [-0.2, -0.15) is 0 Å². The molecular formula is C22H27ClO3. The minimum Gasteiger partial charge on any atom is -0.493 e. The molecule has 3 nitrogen and oxygen atoms in total. The predicted octanol–water partition coefficient (Wildman–Crippen LogP) is 5.05. The molecule has 4 heteroatoms. The zero-order valence-corrected chi connectivity index (χ0v) is 16.5. The molecule has 1 unspecified atom stereocenters. The summed E-state index contributed by atoms with van der Waals surface area (Å²) in [4.78, 5) is 11.6. The van der Waals surface area contributed by atoms with Crippen LogP contribution in [-0.2, 0) is 22.4 Å². The Morgan fingerprint density at radius 2 is 1.69 bits per heavy atom. The second-order valence-electron chi connectivity index (χ2n) is 7.18. The minimum atomic E-state index is -0.661. The van der Waals surface area contributed by atoms with E-state index in [1.54, 1.807) is 6.92 Å². The molecule has 2 aromatic carbocycles. The van der Waals surface area contributed by atoms with E-state index in [0.717, 1.165) is 17.7 Å². The van der Waals surface area contributed by atoms with Crippen molar-refractivity contribution >= 4 is 17.6 Å². The zero-order chi connectivity index (χ0) is 19.0. The van der Waals surface area contributed by atoms with Gasteiger partial charge in [0, 0.05) is 5.41 Å². The van der Waals surface area contributed by atoms with Crippen molar-refractivity contribution in [2.75, 3.05) is 13.2 Å². The summed E-state index contributed by atoms with van der Waals surface area (Å²) in [6.07, 6.45) is 1.40. The highest BCUT2D eigenvalue weighted by atomic mass is 35.5. The molecular weight excluding hydrogens is 348 g/mol. The molecule has 2 aromatic rings. The number of carbonyl (C=O) groups excluding carboxylic acids is 1. The number of alkyl halides is 1. The van der Waals surface area contributed by atoms with E-state index in [9.17, 15) is 4.79 Å². The van der Waals surface area contributed by atoms with Crippen molar-refractivity contribution in [3.05, 3.63) is 65.7 Å². The minimum absolute atomic E-state index is 0.0329. The number of esters is 1. The summed E-state index contributed by atoms with van der Waals surface area (Å²) in [6.45, 7) is 7.14. The van der Waals surface area contributed by atoms with Crippen molar-refractivity contribution in [1.29, 1.82) is 0 Å². The Labute approximate surface area is 161 Å². The lowest BCUT2D eigenvalue weighted by atomic mass is 9.87. The molecule has 0 spiro atoms. The third-order valence-electron chi connectivity index (χ3n) is 4.04. The Morgan fingerprint density at radius 1 is 1.04 bits per heavy atom. The first-order valence-corrected chi connectivity index (χ1v) is 9.39. The van der Waals surface area contributed by atoms with Gasteiger partial charge in [0.1, 0.15) is 11.1 Å². The van der Waals surface area contributed by atoms with Gasteiger partial charge in [-0.3, -0.25) is 4.79 Å². The van der Waals surface area contributed by atoms with Gasteiger partial charge >= 0.3 is 5.97 Å². The van der Waals surface area contributed by atoms with Gasteiger partial charge in [0.25, 0.3) is 0 Å². The number of rotatable bonds is 9. The molecule has 0 aliphatic heterocycles. The summed E-state index contributed by atoms with van der Waals surface area (Å²) in [6, 6.07) is 18.2. The van der Waals surface area contributed by atoms with Crippen LogP contribution in [0.25, 0.3) is 0 Å². The van der Waals surface area contributed by atoms with Gasteiger partial charge in [0.2, 0.25) is 0 Å². The molecule has 0 heterocycles. The monoisotopic (exact) mass is 374 g/mol. The maximum Gasteiger partial charge on any atom is 0.324 e. The fourth-order valence-electron chi connectivity index (χ4n) is 2.72. The largest absolute Gasteiger partial charge is 0.493 e. The topological polar surface area (TPSA) is 35.5 Å². The Kier molecular flexibility index (Phi) is 7.52. The molecule has 2 rings (SSSR count). The van der Waals surface area contributed by atoms with Crippen LogP contribution in [0, 0.1) is 5.41 Å². The van der Waals surface area contributed by atoms with Gasteiger partial charge in [-0.25, -0.2) is 0 Å². The van der Waals surface area contributed by atoms with Crippen LogP contribution in [0.2, 0.25) is 0 Å². The van der Waals surface area contributed by atoms with Crippen molar-refractivity contribution in [3.8, 4) is 5.75 Å². The van der Waals surface area contributed by atoms with Crippen LogP contribution in [0.4, 0.5) is 0 Å². The van der Waals surface area contributed by atoms with Crippen molar-refractivity contribution in [3.63, 3.8) is 0 Å². The number of carbonyl (C=O) groups is 1. The maximum atomic E-state index is 11.6. The third kappa shape index (κ3) is 6.72. The summed E-state index contributed by atoms with van der Waals surface area (Å²) >= 11 is 6.08. The summed E-state index contributed by atoms with van der Waals surface area (Å²) in [5, 5.41) is -0.661. The molecule has 0 bridgehead atoms. The van der Waals surface area contributed by atoms with Crippen LogP contribution < -0.4 is 4.74 Å². The van der Waals surface area contributed by atoms with E-state index in [4.69, 9.17) is 21.1 Å². The lowest BCUT2D eigenvalue weighted by molar-refractivity contribution is -0.142. The van der Waals surface area contributed by atoms with Gasteiger partial charge in [-0.05, 0) is 43.0 Å². The predicted molar refractivity (Wildman–Crippen MR) is 106 cm³/mol. The summed E-state index contributed by atoms with van der Waals surface area (Å²) < 4.78 is 10.9. The second-order valence-corrected chi connectivity index (χ2v) is 7.71. The van der Waals surface area contributed by atoms with Gasteiger partial charge in [-0.15, -0.1) is 11.6 Å². The van der Waals surface area contributed by atoms with E-state index < -0.39 is 5.38 Å². The van der Waals surface area contributed by atoms with Gasteiger partial charge in [0.05, 0.1) is 13.2 Å². The number of ether oxygens (including phenoxy) is 2. The lowest BCUT2D eigenvalue weighted by Crippen LogP contribution is -2.24. The molecule has 0 radical (unpaired) electrons. The molecule has 0 aliphatic carbocycles. The average Bonchev–Trinajstić information content (AvgIpc) is 2.62. The highest BCUT2D eigenvalue weighted by Gasteiger charge is 2.20. The molecule has 0 aliphatic rings. The number of benzene rings is 2. The Morgan fingerprint density at radius 3 is 2.31 bits per heavy atom. The first kappa shape index (κ1) is 20.3.